The van der Waals surface area contributed by atoms with E-state index < -0.39 is 53.8 Å². The van der Waals surface area contributed by atoms with Crippen molar-refractivity contribution in [3.8, 4) is 0 Å². The average Bonchev–Trinajstić information content (AvgIpc) is 2.93. The first-order chi connectivity index (χ1) is 19.5. The number of pyridine rings is 1. The lowest BCUT2D eigenvalue weighted by Crippen LogP contribution is -2.60. The van der Waals surface area contributed by atoms with Crippen molar-refractivity contribution in [3.63, 3.8) is 0 Å². The molecule has 0 saturated carbocycles. The van der Waals surface area contributed by atoms with Gasteiger partial charge in [0.05, 0.1) is 18.2 Å². The second-order valence-electron chi connectivity index (χ2n) is 10.4. The third-order valence-corrected chi connectivity index (χ3v) is 6.78. The second kappa shape index (κ2) is 14.4. The van der Waals surface area contributed by atoms with Crippen LogP contribution in [0.2, 0.25) is 0 Å². The van der Waals surface area contributed by atoms with Gasteiger partial charge in [-0.2, -0.15) is 0 Å². The Morgan fingerprint density at radius 1 is 0.951 bits per heavy atom. The Morgan fingerprint density at radius 3 is 2.29 bits per heavy atom. The highest BCUT2D eigenvalue weighted by atomic mass is 16.3. The van der Waals surface area contributed by atoms with Gasteiger partial charge < -0.3 is 31.3 Å². The number of amides is 5. The first-order valence-electron chi connectivity index (χ1n) is 13.6. The Kier molecular flexibility index (Phi) is 10.9. The van der Waals surface area contributed by atoms with Gasteiger partial charge >= 0.3 is 0 Å². The first-order valence-corrected chi connectivity index (χ1v) is 13.6. The summed E-state index contributed by atoms with van der Waals surface area (Å²) in [4.78, 5) is 71.7. The number of carbonyl (C=O) groups is 5. The van der Waals surface area contributed by atoms with Crippen LogP contribution in [0.4, 0.5) is 0 Å². The van der Waals surface area contributed by atoms with Crippen molar-refractivity contribution in [1.82, 2.24) is 31.2 Å². The quantitative estimate of drug-likeness (QED) is 0.331. The molecule has 3 rings (SSSR count). The number of aliphatic hydroxyl groups is 1. The summed E-state index contributed by atoms with van der Waals surface area (Å²) >= 11 is 0. The Morgan fingerprint density at radius 2 is 1.66 bits per heavy atom. The molecular formula is C29H38N6O6. The van der Waals surface area contributed by atoms with Crippen LogP contribution in [-0.4, -0.2) is 88.4 Å². The number of hydrogen-bond donors (Lipinski definition) is 5. The summed E-state index contributed by atoms with van der Waals surface area (Å²) in [5.41, 5.74) is 1.52. The van der Waals surface area contributed by atoms with E-state index in [1.54, 1.807) is 63.4 Å². The summed E-state index contributed by atoms with van der Waals surface area (Å²) in [6.45, 7) is 6.03. The minimum Gasteiger partial charge on any atom is -0.391 e. The zero-order chi connectivity index (χ0) is 30.1. The Labute approximate surface area is 239 Å². The van der Waals surface area contributed by atoms with Gasteiger partial charge in [-0.15, -0.1) is 0 Å². The van der Waals surface area contributed by atoms with Crippen LogP contribution in [0.25, 0.3) is 0 Å². The Hall–Kier alpha value is -4.32. The molecule has 5 N–H and O–H groups in total. The molecule has 1 aliphatic rings. The summed E-state index contributed by atoms with van der Waals surface area (Å²) in [5, 5.41) is 20.9. The molecule has 1 saturated heterocycles. The van der Waals surface area contributed by atoms with Gasteiger partial charge in [0, 0.05) is 31.4 Å². The minimum atomic E-state index is -1.33. The molecule has 220 valence electrons. The lowest BCUT2D eigenvalue weighted by Gasteiger charge is -2.27. The lowest BCUT2D eigenvalue weighted by atomic mass is 10.0. The standard InChI is InChI=1S/C29H38N6O6/c1-17(2)24-28(40)32-22(15-20-9-6-5-7-10-20)26(38)34-25(19(4)36)27(39)31-13-14-35(16-23(37)33-24)29(41)21-11-8-12-30-18(21)3/h5-12,17,19,22,24-25,36H,13-16H2,1-4H3,(H,31,39)(H,32,40)(H,33,37)(H,34,38)/t19-,22+,24-,25+/m1/s1. The summed E-state index contributed by atoms with van der Waals surface area (Å²) in [7, 11) is 0. The van der Waals surface area contributed by atoms with Crippen molar-refractivity contribution in [2.45, 2.75) is 58.3 Å². The van der Waals surface area contributed by atoms with Gasteiger partial charge in [-0.25, -0.2) is 0 Å². The van der Waals surface area contributed by atoms with Crippen molar-refractivity contribution in [1.29, 1.82) is 0 Å². The summed E-state index contributed by atoms with van der Waals surface area (Å²) < 4.78 is 0. The van der Waals surface area contributed by atoms with Crippen LogP contribution in [-0.2, 0) is 25.6 Å². The van der Waals surface area contributed by atoms with Crippen molar-refractivity contribution in [3.05, 3.63) is 65.5 Å². The van der Waals surface area contributed by atoms with Crippen molar-refractivity contribution < 1.29 is 29.1 Å². The molecule has 5 amide bonds. The van der Waals surface area contributed by atoms with Crippen LogP contribution >= 0.6 is 0 Å². The molecule has 0 spiro atoms. The number of nitrogens with one attached hydrogen (secondary N) is 4. The van der Waals surface area contributed by atoms with Crippen molar-refractivity contribution in [2.75, 3.05) is 19.6 Å². The van der Waals surface area contributed by atoms with E-state index in [2.05, 4.69) is 26.3 Å². The number of nitrogens with zero attached hydrogens (tertiary/aromatic N) is 2. The number of hydrogen-bond acceptors (Lipinski definition) is 7. The molecule has 4 atom stereocenters. The molecule has 2 heterocycles. The van der Waals surface area contributed by atoms with Gasteiger partial charge in [-0.05, 0) is 37.5 Å². The number of aliphatic hydroxyl groups excluding tert-OH is 1. The second-order valence-corrected chi connectivity index (χ2v) is 10.4. The molecule has 12 nitrogen and oxygen atoms in total. The smallest absolute Gasteiger partial charge is 0.256 e. The molecule has 0 radical (unpaired) electrons. The molecule has 1 aromatic carbocycles. The van der Waals surface area contributed by atoms with E-state index in [0.29, 0.717) is 11.3 Å². The van der Waals surface area contributed by atoms with E-state index in [1.807, 2.05) is 6.07 Å². The van der Waals surface area contributed by atoms with Crippen LogP contribution in [0.3, 0.4) is 0 Å². The third-order valence-electron chi connectivity index (χ3n) is 6.78. The Balaban J connectivity index is 1.95. The normalized spacial score (nSPS) is 22.0. The third kappa shape index (κ3) is 8.58. The lowest BCUT2D eigenvalue weighted by molar-refractivity contribution is -0.135. The molecule has 41 heavy (non-hydrogen) atoms. The number of benzene rings is 1. The monoisotopic (exact) mass is 566 g/mol. The molecule has 0 bridgehead atoms. The van der Waals surface area contributed by atoms with Gasteiger partial charge in [-0.1, -0.05) is 44.2 Å². The van der Waals surface area contributed by atoms with E-state index in [-0.39, 0.29) is 32.0 Å². The van der Waals surface area contributed by atoms with E-state index >= 15 is 0 Å². The summed E-state index contributed by atoms with van der Waals surface area (Å²) in [5.74, 6) is -3.36. The van der Waals surface area contributed by atoms with Crippen molar-refractivity contribution >= 4 is 29.5 Å². The van der Waals surface area contributed by atoms with Gasteiger partial charge in [-0.3, -0.25) is 29.0 Å². The van der Waals surface area contributed by atoms with Crippen LogP contribution in [0.5, 0.6) is 0 Å². The molecule has 2 aromatic rings. The highest BCUT2D eigenvalue weighted by Gasteiger charge is 2.33. The molecule has 1 fully saturated rings. The number of aryl methyl sites for hydroxylation is 1. The fraction of sp³-hybridized carbons (Fsp3) is 0.448. The average molecular weight is 567 g/mol. The van der Waals surface area contributed by atoms with Gasteiger partial charge in [0.2, 0.25) is 23.6 Å². The number of rotatable bonds is 5. The van der Waals surface area contributed by atoms with Crippen LogP contribution in [0.1, 0.15) is 42.4 Å². The summed E-state index contributed by atoms with van der Waals surface area (Å²) in [6, 6.07) is 8.76. The highest BCUT2D eigenvalue weighted by molar-refractivity contribution is 5.98. The maximum atomic E-state index is 13.4. The first kappa shape index (κ1) is 31.2. The number of carbonyl (C=O) groups excluding carboxylic acids is 5. The molecule has 0 aliphatic carbocycles. The zero-order valence-corrected chi connectivity index (χ0v) is 23.7. The molecule has 1 aromatic heterocycles. The minimum absolute atomic E-state index is 0.0536. The largest absolute Gasteiger partial charge is 0.391 e. The van der Waals surface area contributed by atoms with E-state index in [9.17, 15) is 29.1 Å². The maximum absolute atomic E-state index is 13.4. The maximum Gasteiger partial charge on any atom is 0.256 e. The van der Waals surface area contributed by atoms with Gasteiger partial charge in [0.15, 0.2) is 0 Å². The molecular weight excluding hydrogens is 528 g/mol. The molecule has 0 unspecified atom stereocenters. The van der Waals surface area contributed by atoms with Crippen LogP contribution in [0, 0.1) is 12.8 Å². The van der Waals surface area contributed by atoms with Crippen molar-refractivity contribution in [2.24, 2.45) is 5.92 Å². The fourth-order valence-electron chi connectivity index (χ4n) is 4.46. The fourth-order valence-corrected chi connectivity index (χ4v) is 4.46. The predicted octanol–water partition coefficient (Wildman–Crippen LogP) is -0.304. The van der Waals surface area contributed by atoms with E-state index in [1.165, 1.54) is 11.8 Å². The number of aromatic nitrogens is 1. The van der Waals surface area contributed by atoms with Crippen LogP contribution in [0.15, 0.2) is 48.7 Å². The van der Waals surface area contributed by atoms with Crippen LogP contribution < -0.4 is 21.3 Å². The van der Waals surface area contributed by atoms with E-state index in [0.717, 1.165) is 5.56 Å². The van der Waals surface area contributed by atoms with Gasteiger partial charge in [0.25, 0.3) is 5.91 Å². The highest BCUT2D eigenvalue weighted by Crippen LogP contribution is 2.11. The molecule has 12 heteroatoms. The zero-order valence-electron chi connectivity index (χ0n) is 23.7. The summed E-state index contributed by atoms with van der Waals surface area (Å²) in [6.07, 6.45) is 0.398. The topological polar surface area (TPSA) is 170 Å². The predicted molar refractivity (Wildman–Crippen MR) is 150 cm³/mol. The SMILES string of the molecule is Cc1ncccc1C(=O)N1CCNC(=O)[C@H]([C@@H](C)O)NC(=O)[C@H](Cc2ccccc2)NC(=O)[C@@H](C(C)C)NC(=O)C1. The molecule has 1 aliphatic heterocycles. The van der Waals surface area contributed by atoms with E-state index in [4.69, 9.17) is 0 Å². The van der Waals surface area contributed by atoms with Gasteiger partial charge in [0.1, 0.15) is 18.1 Å². The Bertz CT molecular complexity index is 1250.